The largest absolute Gasteiger partial charge is 0.479 e. The molecule has 0 amide bonds. The summed E-state index contributed by atoms with van der Waals surface area (Å²) in [5.41, 5.74) is -2.99. The lowest BCUT2D eigenvalue weighted by molar-refractivity contribution is -0.198. The normalized spacial score (nSPS) is 21.5. The summed E-state index contributed by atoms with van der Waals surface area (Å²) in [6, 6.07) is 0. The highest BCUT2D eigenvalue weighted by Gasteiger charge is 2.48. The number of hydrogen-bond acceptors (Lipinski definition) is 7. The number of carbonyl (C=O) groups is 1. The molecule has 0 aromatic carbocycles. The Bertz CT molecular complexity index is 219. The Morgan fingerprint density at radius 3 is 1.93 bits per heavy atom. The third kappa shape index (κ3) is 2.84. The van der Waals surface area contributed by atoms with Gasteiger partial charge in [0.05, 0.1) is 13.2 Å². The van der Waals surface area contributed by atoms with Crippen molar-refractivity contribution in [3.05, 3.63) is 0 Å². The molecule has 0 aliphatic rings. The molecule has 0 bridgehead atoms. The van der Waals surface area contributed by atoms with Crippen LogP contribution in [0.3, 0.4) is 0 Å². The molecule has 0 saturated heterocycles. The van der Waals surface area contributed by atoms with Crippen molar-refractivity contribution in [3.63, 3.8) is 0 Å². The van der Waals surface area contributed by atoms with Gasteiger partial charge in [0.25, 0.3) is 0 Å². The number of aliphatic hydroxyl groups is 6. The third-order valence-electron chi connectivity index (χ3n) is 2.01. The average Bonchev–Trinajstić information content (AvgIpc) is 2.24. The van der Waals surface area contributed by atoms with Gasteiger partial charge in [0.1, 0.15) is 18.3 Å². The zero-order chi connectivity index (χ0) is 12.2. The van der Waals surface area contributed by atoms with Gasteiger partial charge in [0.15, 0.2) is 0 Å². The first kappa shape index (κ1) is 14.2. The van der Waals surface area contributed by atoms with E-state index < -0.39 is 43.1 Å². The van der Waals surface area contributed by atoms with E-state index in [9.17, 15) is 15.0 Å². The molecule has 0 heterocycles. The van der Waals surface area contributed by atoms with Crippen LogP contribution < -0.4 is 0 Å². The number of hydrogen-bond donors (Lipinski definition) is 7. The van der Waals surface area contributed by atoms with E-state index in [2.05, 4.69) is 0 Å². The Kier molecular flexibility index (Phi) is 5.08. The Morgan fingerprint density at radius 1 is 1.20 bits per heavy atom. The molecule has 4 atom stereocenters. The van der Waals surface area contributed by atoms with E-state index in [4.69, 9.17) is 25.5 Å². The van der Waals surface area contributed by atoms with Crippen LogP contribution in [0.1, 0.15) is 0 Å². The van der Waals surface area contributed by atoms with Crippen LogP contribution in [0, 0.1) is 0 Å². The van der Waals surface area contributed by atoms with E-state index in [0.29, 0.717) is 0 Å². The second-order valence-corrected chi connectivity index (χ2v) is 3.07. The van der Waals surface area contributed by atoms with Crippen LogP contribution in [0.5, 0.6) is 0 Å². The third-order valence-corrected chi connectivity index (χ3v) is 2.01. The van der Waals surface area contributed by atoms with Crippen molar-refractivity contribution in [1.82, 2.24) is 0 Å². The van der Waals surface area contributed by atoms with Crippen molar-refractivity contribution in [3.8, 4) is 0 Å². The number of carboxylic acid groups (broad SMARTS) is 1. The number of aliphatic carboxylic acids is 1. The Labute approximate surface area is 84.7 Å². The maximum absolute atomic E-state index is 10.5. The lowest BCUT2D eigenvalue weighted by Gasteiger charge is -2.31. The molecular weight excluding hydrogens is 212 g/mol. The standard InChI is InChI=1S/C7H14O8/c8-1-3(10)4(11)5(12)7(15,2-9)6(13)14/h3-5,8-12,15H,1-2H2,(H,13,14)/t3-,4-,5+,7-/m1/s1. The van der Waals surface area contributed by atoms with Gasteiger partial charge in [-0.15, -0.1) is 0 Å². The molecule has 0 aromatic heterocycles. The van der Waals surface area contributed by atoms with Crippen LogP contribution in [-0.4, -0.2) is 78.8 Å². The molecule has 0 saturated carbocycles. The van der Waals surface area contributed by atoms with Gasteiger partial charge in [0, 0.05) is 0 Å². The fourth-order valence-corrected chi connectivity index (χ4v) is 0.889. The Morgan fingerprint density at radius 2 is 1.67 bits per heavy atom. The number of carboxylic acids is 1. The highest BCUT2D eigenvalue weighted by atomic mass is 16.4. The molecule has 0 aliphatic carbocycles. The van der Waals surface area contributed by atoms with E-state index in [1.807, 2.05) is 0 Å². The van der Waals surface area contributed by atoms with E-state index in [0.717, 1.165) is 0 Å². The molecule has 0 spiro atoms. The summed E-state index contributed by atoms with van der Waals surface area (Å²) in [4.78, 5) is 10.5. The van der Waals surface area contributed by atoms with Gasteiger partial charge in [0.2, 0.25) is 5.60 Å². The minimum atomic E-state index is -2.99. The van der Waals surface area contributed by atoms with Gasteiger partial charge in [-0.05, 0) is 0 Å². The summed E-state index contributed by atoms with van der Waals surface area (Å²) in [5.74, 6) is -1.96. The lowest BCUT2D eigenvalue weighted by atomic mass is 9.91. The summed E-state index contributed by atoms with van der Waals surface area (Å²) in [7, 11) is 0. The second kappa shape index (κ2) is 5.35. The van der Waals surface area contributed by atoms with E-state index >= 15 is 0 Å². The zero-order valence-electron chi connectivity index (χ0n) is 7.69. The van der Waals surface area contributed by atoms with Crippen molar-refractivity contribution in [1.29, 1.82) is 0 Å². The molecule has 7 N–H and O–H groups in total. The molecule has 0 fully saturated rings. The SMILES string of the molecule is O=C(O)[C@@](O)(CO)[C@@H](O)[C@H](O)[C@H](O)CO. The van der Waals surface area contributed by atoms with Crippen molar-refractivity contribution in [2.24, 2.45) is 0 Å². The minimum absolute atomic E-state index is 0.931. The van der Waals surface area contributed by atoms with Gasteiger partial charge in [-0.25, -0.2) is 4.79 Å². The van der Waals surface area contributed by atoms with Crippen LogP contribution >= 0.6 is 0 Å². The zero-order valence-corrected chi connectivity index (χ0v) is 7.69. The molecule has 0 aromatic rings. The highest BCUT2D eigenvalue weighted by Crippen LogP contribution is 2.16. The molecular formula is C7H14O8. The molecule has 8 nitrogen and oxygen atoms in total. The van der Waals surface area contributed by atoms with Crippen molar-refractivity contribution >= 4 is 5.97 Å². The summed E-state index contributed by atoms with van der Waals surface area (Å²) in [6.45, 7) is -2.28. The maximum atomic E-state index is 10.5. The van der Waals surface area contributed by atoms with Crippen molar-refractivity contribution < 1.29 is 40.5 Å². The summed E-state index contributed by atoms with van der Waals surface area (Å²) in [5, 5.41) is 61.9. The summed E-state index contributed by atoms with van der Waals surface area (Å²) >= 11 is 0. The monoisotopic (exact) mass is 226 g/mol. The first-order valence-electron chi connectivity index (χ1n) is 4.03. The van der Waals surface area contributed by atoms with Crippen molar-refractivity contribution in [2.45, 2.75) is 23.9 Å². The average molecular weight is 226 g/mol. The van der Waals surface area contributed by atoms with Crippen LogP contribution in [-0.2, 0) is 4.79 Å². The quantitative estimate of drug-likeness (QED) is 0.240. The first-order chi connectivity index (χ1) is 6.81. The van der Waals surface area contributed by atoms with Crippen molar-refractivity contribution in [2.75, 3.05) is 13.2 Å². The van der Waals surface area contributed by atoms with E-state index in [1.54, 1.807) is 0 Å². The first-order valence-corrected chi connectivity index (χ1v) is 4.03. The van der Waals surface area contributed by atoms with Crippen LogP contribution in [0.25, 0.3) is 0 Å². The maximum Gasteiger partial charge on any atom is 0.341 e. The molecule has 90 valence electrons. The predicted octanol–water partition coefficient (Wildman–Crippen LogP) is -4.13. The molecule has 15 heavy (non-hydrogen) atoms. The highest BCUT2D eigenvalue weighted by molar-refractivity contribution is 5.78. The molecule has 8 heteroatoms. The topological polar surface area (TPSA) is 159 Å². The van der Waals surface area contributed by atoms with E-state index in [-0.39, 0.29) is 0 Å². The lowest BCUT2D eigenvalue weighted by Crippen LogP contribution is -2.60. The Balaban J connectivity index is 4.79. The Hall–Kier alpha value is -0.770. The number of rotatable bonds is 6. The van der Waals surface area contributed by atoms with Gasteiger partial charge in [-0.2, -0.15) is 0 Å². The fraction of sp³-hybridized carbons (Fsp3) is 0.857. The minimum Gasteiger partial charge on any atom is -0.479 e. The molecule has 0 radical (unpaired) electrons. The van der Waals surface area contributed by atoms with Gasteiger partial charge in [-0.3, -0.25) is 0 Å². The summed E-state index contributed by atoms with van der Waals surface area (Å²) < 4.78 is 0. The van der Waals surface area contributed by atoms with E-state index in [1.165, 1.54) is 0 Å². The van der Waals surface area contributed by atoms with Gasteiger partial charge in [-0.1, -0.05) is 0 Å². The van der Waals surface area contributed by atoms with Crippen LogP contribution in [0.2, 0.25) is 0 Å². The van der Waals surface area contributed by atoms with Crippen LogP contribution in [0.15, 0.2) is 0 Å². The second-order valence-electron chi connectivity index (χ2n) is 3.07. The van der Waals surface area contributed by atoms with Gasteiger partial charge >= 0.3 is 5.97 Å². The predicted molar refractivity (Wildman–Crippen MR) is 44.8 cm³/mol. The fourth-order valence-electron chi connectivity index (χ4n) is 0.889. The smallest absolute Gasteiger partial charge is 0.341 e. The molecule has 0 rings (SSSR count). The van der Waals surface area contributed by atoms with Gasteiger partial charge < -0.3 is 35.7 Å². The molecule has 0 unspecified atom stereocenters. The molecule has 0 aliphatic heterocycles. The van der Waals surface area contributed by atoms with Crippen LogP contribution in [0.4, 0.5) is 0 Å². The summed E-state index contributed by atoms with van der Waals surface area (Å²) in [6.07, 6.45) is -6.25. The number of aliphatic hydroxyl groups excluding tert-OH is 5.